The van der Waals surface area contributed by atoms with E-state index < -0.39 is 0 Å². The Bertz CT molecular complexity index is 844. The first-order valence-corrected chi connectivity index (χ1v) is 9.38. The Morgan fingerprint density at radius 2 is 2.04 bits per heavy atom. The van der Waals surface area contributed by atoms with Gasteiger partial charge in [-0.2, -0.15) is 0 Å². The van der Waals surface area contributed by atoms with Crippen molar-refractivity contribution in [2.45, 2.75) is 18.2 Å². The van der Waals surface area contributed by atoms with Crippen LogP contribution in [0.4, 0.5) is 5.13 Å². The molecule has 0 spiro atoms. The third-order valence-electron chi connectivity index (χ3n) is 3.46. The fraction of sp³-hybridized carbons (Fsp3) is 0.222. The van der Waals surface area contributed by atoms with Gasteiger partial charge in [0.15, 0.2) is 5.13 Å². The van der Waals surface area contributed by atoms with Crippen LogP contribution in [-0.2, 0) is 4.79 Å². The van der Waals surface area contributed by atoms with E-state index in [9.17, 15) is 4.79 Å². The molecule has 1 amide bonds. The number of hydrogen-bond donors (Lipinski definition) is 1. The van der Waals surface area contributed by atoms with Gasteiger partial charge in [0.25, 0.3) is 0 Å². The number of thiazole rings is 1. The van der Waals surface area contributed by atoms with E-state index in [0.29, 0.717) is 11.6 Å². The minimum Gasteiger partial charge on any atom is -0.497 e. The molecule has 1 aromatic heterocycles. The van der Waals surface area contributed by atoms with Crippen molar-refractivity contribution in [3.05, 3.63) is 48.0 Å². The average molecular weight is 358 g/mol. The van der Waals surface area contributed by atoms with Crippen molar-refractivity contribution >= 4 is 44.4 Å². The molecule has 0 fully saturated rings. The molecule has 6 heteroatoms. The summed E-state index contributed by atoms with van der Waals surface area (Å²) >= 11 is 3.14. The molecule has 1 heterocycles. The second kappa shape index (κ2) is 7.68. The molecule has 0 radical (unpaired) electrons. The molecule has 3 aromatic rings. The molecule has 0 saturated heterocycles. The summed E-state index contributed by atoms with van der Waals surface area (Å²) in [5, 5.41) is 3.51. The summed E-state index contributed by atoms with van der Waals surface area (Å²) in [6.07, 6.45) is 0.456. The molecule has 3 rings (SSSR count). The van der Waals surface area contributed by atoms with Crippen LogP contribution < -0.4 is 10.1 Å². The number of amides is 1. The molecule has 124 valence electrons. The van der Waals surface area contributed by atoms with E-state index in [1.807, 2.05) is 18.2 Å². The lowest BCUT2D eigenvalue weighted by atomic mass is 10.2. The number of methoxy groups -OCH3 is 1. The van der Waals surface area contributed by atoms with Crippen LogP contribution in [0.1, 0.15) is 12.0 Å². The fourth-order valence-electron chi connectivity index (χ4n) is 2.16. The Kier molecular flexibility index (Phi) is 5.37. The number of anilines is 1. The van der Waals surface area contributed by atoms with Crippen LogP contribution in [0.5, 0.6) is 5.75 Å². The van der Waals surface area contributed by atoms with Gasteiger partial charge in [-0.05, 0) is 37.3 Å². The van der Waals surface area contributed by atoms with E-state index in [0.717, 1.165) is 21.7 Å². The largest absolute Gasteiger partial charge is 0.497 e. The number of carbonyl (C=O) groups is 1. The lowest BCUT2D eigenvalue weighted by molar-refractivity contribution is -0.115. The lowest BCUT2D eigenvalue weighted by Crippen LogP contribution is -2.11. The minimum atomic E-state index is -0.0133. The number of fused-ring (bicyclic) bond motifs is 1. The van der Waals surface area contributed by atoms with Crippen LogP contribution in [0.25, 0.3) is 10.2 Å². The molecule has 4 nitrogen and oxygen atoms in total. The van der Waals surface area contributed by atoms with Gasteiger partial charge in [-0.15, -0.1) is 11.8 Å². The monoisotopic (exact) mass is 358 g/mol. The zero-order chi connectivity index (χ0) is 16.9. The van der Waals surface area contributed by atoms with Crippen molar-refractivity contribution in [2.24, 2.45) is 0 Å². The maximum Gasteiger partial charge on any atom is 0.226 e. The van der Waals surface area contributed by atoms with Gasteiger partial charge >= 0.3 is 0 Å². The Hall–Kier alpha value is -2.05. The van der Waals surface area contributed by atoms with E-state index in [1.165, 1.54) is 21.8 Å². The molecule has 0 aliphatic carbocycles. The SMILES string of the molecule is COc1ccc2nc(NC(=O)CCSc3ccc(C)cc3)sc2c1. The third kappa shape index (κ3) is 4.27. The van der Waals surface area contributed by atoms with Crippen LogP contribution in [-0.4, -0.2) is 23.8 Å². The van der Waals surface area contributed by atoms with Crippen LogP contribution in [0.3, 0.4) is 0 Å². The van der Waals surface area contributed by atoms with Gasteiger partial charge in [-0.3, -0.25) is 4.79 Å². The quantitative estimate of drug-likeness (QED) is 0.647. The van der Waals surface area contributed by atoms with E-state index in [2.05, 4.69) is 41.5 Å². The highest BCUT2D eigenvalue weighted by atomic mass is 32.2. The van der Waals surface area contributed by atoms with Crippen molar-refractivity contribution in [3.8, 4) is 5.75 Å². The molecule has 0 saturated carbocycles. The number of ether oxygens (including phenoxy) is 1. The zero-order valence-corrected chi connectivity index (χ0v) is 15.2. The predicted molar refractivity (Wildman–Crippen MR) is 101 cm³/mol. The number of hydrogen-bond acceptors (Lipinski definition) is 5. The van der Waals surface area contributed by atoms with Crippen LogP contribution in [0, 0.1) is 6.92 Å². The normalized spacial score (nSPS) is 10.8. The molecule has 0 aliphatic rings. The van der Waals surface area contributed by atoms with E-state index in [1.54, 1.807) is 18.9 Å². The van der Waals surface area contributed by atoms with Crippen molar-refractivity contribution in [2.75, 3.05) is 18.2 Å². The van der Waals surface area contributed by atoms with Gasteiger partial charge in [0, 0.05) is 17.1 Å². The van der Waals surface area contributed by atoms with E-state index in [-0.39, 0.29) is 5.91 Å². The summed E-state index contributed by atoms with van der Waals surface area (Å²) in [6, 6.07) is 14.0. The first-order chi connectivity index (χ1) is 11.6. The van der Waals surface area contributed by atoms with Crippen molar-refractivity contribution in [1.82, 2.24) is 4.98 Å². The highest BCUT2D eigenvalue weighted by Gasteiger charge is 2.09. The number of aryl methyl sites for hydroxylation is 1. The number of benzene rings is 2. The second-order valence-corrected chi connectivity index (χ2v) is 7.51. The first kappa shape index (κ1) is 16.8. The molecular weight excluding hydrogens is 340 g/mol. The molecule has 24 heavy (non-hydrogen) atoms. The Labute approximate surface area is 149 Å². The molecule has 1 N–H and O–H groups in total. The van der Waals surface area contributed by atoms with Gasteiger partial charge in [-0.1, -0.05) is 29.0 Å². The third-order valence-corrected chi connectivity index (χ3v) is 5.41. The average Bonchev–Trinajstić information content (AvgIpc) is 2.97. The number of nitrogens with one attached hydrogen (secondary N) is 1. The standard InChI is InChI=1S/C18H18N2O2S2/c1-12-3-6-14(7-4-12)23-10-9-17(21)20-18-19-15-8-5-13(22-2)11-16(15)24-18/h3-8,11H,9-10H2,1-2H3,(H,19,20,21). The maximum absolute atomic E-state index is 12.1. The Morgan fingerprint density at radius 3 is 2.79 bits per heavy atom. The number of aromatic nitrogens is 1. The summed E-state index contributed by atoms with van der Waals surface area (Å²) in [4.78, 5) is 17.7. The summed E-state index contributed by atoms with van der Waals surface area (Å²) in [5.74, 6) is 1.52. The summed E-state index contributed by atoms with van der Waals surface area (Å²) in [5.41, 5.74) is 2.11. The van der Waals surface area contributed by atoms with Gasteiger partial charge in [-0.25, -0.2) is 4.98 Å². The van der Waals surface area contributed by atoms with Gasteiger partial charge in [0.2, 0.25) is 5.91 Å². The summed E-state index contributed by atoms with van der Waals surface area (Å²) in [6.45, 7) is 2.06. The van der Waals surface area contributed by atoms with Crippen molar-refractivity contribution in [3.63, 3.8) is 0 Å². The number of nitrogens with zero attached hydrogens (tertiary/aromatic N) is 1. The highest BCUT2D eigenvalue weighted by Crippen LogP contribution is 2.29. The molecule has 0 unspecified atom stereocenters. The number of carbonyl (C=O) groups excluding carboxylic acids is 1. The molecule has 2 aromatic carbocycles. The van der Waals surface area contributed by atoms with E-state index >= 15 is 0 Å². The topological polar surface area (TPSA) is 51.2 Å². The summed E-state index contributed by atoms with van der Waals surface area (Å²) < 4.78 is 6.20. The first-order valence-electron chi connectivity index (χ1n) is 7.58. The van der Waals surface area contributed by atoms with Gasteiger partial charge in [0.05, 0.1) is 17.3 Å². The van der Waals surface area contributed by atoms with Crippen LogP contribution >= 0.6 is 23.1 Å². The smallest absolute Gasteiger partial charge is 0.226 e. The number of rotatable bonds is 6. The number of thioether (sulfide) groups is 1. The predicted octanol–water partition coefficient (Wildman–Crippen LogP) is 4.73. The minimum absolute atomic E-state index is 0.0133. The molecule has 0 bridgehead atoms. The maximum atomic E-state index is 12.1. The zero-order valence-electron chi connectivity index (χ0n) is 13.5. The van der Waals surface area contributed by atoms with Gasteiger partial charge < -0.3 is 10.1 Å². The van der Waals surface area contributed by atoms with Crippen molar-refractivity contribution in [1.29, 1.82) is 0 Å². The molecule has 0 aliphatic heterocycles. The van der Waals surface area contributed by atoms with Crippen molar-refractivity contribution < 1.29 is 9.53 Å². The summed E-state index contributed by atoms with van der Waals surface area (Å²) in [7, 11) is 1.64. The molecular formula is C18H18N2O2S2. The van der Waals surface area contributed by atoms with E-state index in [4.69, 9.17) is 4.74 Å². The van der Waals surface area contributed by atoms with Gasteiger partial charge in [0.1, 0.15) is 5.75 Å². The fourth-order valence-corrected chi connectivity index (χ4v) is 3.93. The Balaban J connectivity index is 1.53. The second-order valence-electron chi connectivity index (χ2n) is 5.31. The van der Waals surface area contributed by atoms with Crippen LogP contribution in [0.2, 0.25) is 0 Å². The highest BCUT2D eigenvalue weighted by molar-refractivity contribution is 7.99. The lowest BCUT2D eigenvalue weighted by Gasteiger charge is -2.02. The molecule has 0 atom stereocenters. The van der Waals surface area contributed by atoms with Crippen LogP contribution in [0.15, 0.2) is 47.4 Å². The Morgan fingerprint density at radius 1 is 1.25 bits per heavy atom.